The van der Waals surface area contributed by atoms with E-state index in [1.807, 2.05) is 25.1 Å². The third-order valence-electron chi connectivity index (χ3n) is 13.6. The van der Waals surface area contributed by atoms with Gasteiger partial charge in [-0.2, -0.15) is 0 Å². The summed E-state index contributed by atoms with van der Waals surface area (Å²) >= 11 is 0. The van der Waals surface area contributed by atoms with Gasteiger partial charge >= 0.3 is 29.8 Å². The van der Waals surface area contributed by atoms with Crippen LogP contribution in [0.4, 0.5) is 0 Å². The number of nitrogens with zero attached hydrogens (tertiary/aromatic N) is 2. The summed E-state index contributed by atoms with van der Waals surface area (Å²) in [5, 5.41) is 12.4. The number of aliphatic hydroxyl groups excluding tert-OH is 1. The lowest BCUT2D eigenvalue weighted by atomic mass is 9.82. The highest BCUT2D eigenvalue weighted by molar-refractivity contribution is 5.72. The fourth-order valence-corrected chi connectivity index (χ4v) is 10.1. The van der Waals surface area contributed by atoms with Crippen LogP contribution in [0.2, 0.25) is 0 Å². The predicted molar refractivity (Wildman–Crippen MR) is 257 cm³/mol. The summed E-state index contributed by atoms with van der Waals surface area (Å²) in [4.78, 5) is 81.0. The van der Waals surface area contributed by atoms with Crippen LogP contribution in [0, 0.1) is 11.8 Å². The van der Waals surface area contributed by atoms with Gasteiger partial charge in [-0.25, -0.2) is 0 Å². The Bertz CT molecular complexity index is 1840. The number of hydrogen-bond donors (Lipinski definition) is 1. The van der Waals surface area contributed by atoms with E-state index in [4.69, 9.17) is 47.4 Å². The van der Waals surface area contributed by atoms with E-state index < -0.39 is 121 Å². The molecule has 402 valence electrons. The minimum Gasteiger partial charge on any atom is -0.466 e. The molecule has 0 spiro atoms. The fraction of sp³-hybridized carbons (Fsp3) is 0.769. The highest BCUT2D eigenvalue weighted by Gasteiger charge is 2.54. The zero-order valence-corrected chi connectivity index (χ0v) is 43.8. The molecule has 0 aromatic heterocycles. The number of ether oxygens (including phenoxy) is 10. The number of carbonyl (C=O) groups excluding carboxylic acids is 6. The number of benzene rings is 1. The number of likely N-dealkylation sites (N-methyl/N-ethyl adjacent to an activating group) is 1. The van der Waals surface area contributed by atoms with Crippen LogP contribution in [-0.4, -0.2) is 178 Å². The quantitative estimate of drug-likeness (QED) is 0.0856. The summed E-state index contributed by atoms with van der Waals surface area (Å²) in [7, 11) is 4.88. The molecule has 1 aromatic carbocycles. The van der Waals surface area contributed by atoms with Crippen molar-refractivity contribution in [3.8, 4) is 0 Å². The van der Waals surface area contributed by atoms with Crippen molar-refractivity contribution in [2.24, 2.45) is 11.8 Å². The fourth-order valence-electron chi connectivity index (χ4n) is 10.1. The van der Waals surface area contributed by atoms with E-state index in [-0.39, 0.29) is 44.6 Å². The minimum absolute atomic E-state index is 0.0184. The van der Waals surface area contributed by atoms with Crippen molar-refractivity contribution < 1.29 is 81.2 Å². The molecule has 15 atom stereocenters. The van der Waals surface area contributed by atoms with Gasteiger partial charge in [-0.15, -0.1) is 0 Å². The van der Waals surface area contributed by atoms with Gasteiger partial charge in [0.2, 0.25) is 0 Å². The zero-order valence-electron chi connectivity index (χ0n) is 43.8. The Hall–Kier alpha value is -4.08. The standard InChI is InChI=1S/C52H82N2O17/c1-12-41(58)67-39-29-43(60)63-27-19-25-54(24-18-17-22-37-20-15-14-16-21-37)31-40(66-35(6)56)32(3)28-38(23-26-55)48(49(39)62-11)70-51-46(61)45(53(9)10)47(33(4)65-51)69-44-30-52(8,71-36(7)57)50(34(5)64-44)68-42(59)13-2/h14-16,20-21,26,32-34,38-40,44-51,61H,12-13,17-19,22-25,27-31H2,1-11H3/t32-,33?,34?,38+,39-,40+,44+,45?,46?,47+,48+,49+,50+,51+,52?/m1/s1. The first-order valence-corrected chi connectivity index (χ1v) is 25.3. The minimum atomic E-state index is -1.44. The lowest BCUT2D eigenvalue weighted by Crippen LogP contribution is -2.66. The Morgan fingerprint density at radius 2 is 1.58 bits per heavy atom. The maximum absolute atomic E-state index is 13.6. The third-order valence-corrected chi connectivity index (χ3v) is 13.6. The van der Waals surface area contributed by atoms with E-state index in [2.05, 4.69) is 17.0 Å². The van der Waals surface area contributed by atoms with Crippen molar-refractivity contribution in [1.29, 1.82) is 0 Å². The molecule has 1 aromatic rings. The number of carbonyl (C=O) groups is 6. The lowest BCUT2D eigenvalue weighted by molar-refractivity contribution is -0.344. The van der Waals surface area contributed by atoms with E-state index in [0.29, 0.717) is 26.1 Å². The summed E-state index contributed by atoms with van der Waals surface area (Å²) in [5.41, 5.74) is -0.0925. The maximum atomic E-state index is 13.6. The molecule has 1 N–H and O–H groups in total. The van der Waals surface area contributed by atoms with Gasteiger partial charge < -0.3 is 62.2 Å². The molecule has 0 amide bonds. The zero-order chi connectivity index (χ0) is 52.4. The summed E-state index contributed by atoms with van der Waals surface area (Å²) < 4.78 is 61.6. The van der Waals surface area contributed by atoms with E-state index in [1.165, 1.54) is 26.5 Å². The first-order valence-electron chi connectivity index (χ1n) is 25.3. The van der Waals surface area contributed by atoms with Crippen molar-refractivity contribution in [3.63, 3.8) is 0 Å². The van der Waals surface area contributed by atoms with E-state index in [9.17, 15) is 33.9 Å². The number of methoxy groups -OCH3 is 1. The molecule has 3 fully saturated rings. The first-order chi connectivity index (χ1) is 33.7. The number of cyclic esters (lactones) is 1. The highest BCUT2D eigenvalue weighted by Crippen LogP contribution is 2.39. The molecule has 0 aliphatic carbocycles. The Kier molecular flexibility index (Phi) is 24.3. The first kappa shape index (κ1) is 59.5. The monoisotopic (exact) mass is 1010 g/mol. The molecule has 3 aliphatic heterocycles. The van der Waals surface area contributed by atoms with Gasteiger partial charge in [-0.05, 0) is 90.9 Å². The van der Waals surface area contributed by atoms with Gasteiger partial charge in [-0.3, -0.25) is 28.9 Å². The third kappa shape index (κ3) is 17.8. The van der Waals surface area contributed by atoms with Crippen LogP contribution in [0.1, 0.15) is 119 Å². The Labute approximate surface area is 420 Å². The second kappa shape index (κ2) is 29.0. The largest absolute Gasteiger partial charge is 0.466 e. The van der Waals surface area contributed by atoms with Crippen molar-refractivity contribution in [2.75, 3.05) is 47.4 Å². The Morgan fingerprint density at radius 1 is 0.887 bits per heavy atom. The summed E-state index contributed by atoms with van der Waals surface area (Å²) in [6, 6.07) is 9.39. The second-order valence-electron chi connectivity index (χ2n) is 19.6. The number of esters is 5. The van der Waals surface area contributed by atoms with Crippen molar-refractivity contribution >= 4 is 36.1 Å². The molecule has 71 heavy (non-hydrogen) atoms. The van der Waals surface area contributed by atoms with Gasteiger partial charge in [0.1, 0.15) is 36.8 Å². The number of aliphatic hydroxyl groups is 1. The highest BCUT2D eigenvalue weighted by atomic mass is 16.7. The smallest absolute Gasteiger partial charge is 0.309 e. The molecule has 0 bridgehead atoms. The molecule has 3 heterocycles. The lowest BCUT2D eigenvalue weighted by Gasteiger charge is -2.50. The molecule has 3 saturated heterocycles. The number of unbranched alkanes of at least 4 members (excludes halogenated alkanes) is 1. The van der Waals surface area contributed by atoms with Crippen LogP contribution in [0.5, 0.6) is 0 Å². The predicted octanol–water partition coefficient (Wildman–Crippen LogP) is 4.73. The molecular formula is C52H82N2O17. The molecule has 0 saturated carbocycles. The van der Waals surface area contributed by atoms with Crippen LogP contribution in [0.15, 0.2) is 30.3 Å². The van der Waals surface area contributed by atoms with Crippen LogP contribution in [0.25, 0.3) is 0 Å². The van der Waals surface area contributed by atoms with Crippen LogP contribution in [-0.2, 0) is 82.6 Å². The van der Waals surface area contributed by atoms with Gasteiger partial charge in [0.25, 0.3) is 0 Å². The Morgan fingerprint density at radius 3 is 2.20 bits per heavy atom. The Balaban J connectivity index is 1.70. The van der Waals surface area contributed by atoms with Crippen LogP contribution in [0.3, 0.4) is 0 Å². The summed E-state index contributed by atoms with van der Waals surface area (Å²) in [6.07, 6.45) is -7.86. The van der Waals surface area contributed by atoms with Gasteiger partial charge in [-0.1, -0.05) is 51.1 Å². The van der Waals surface area contributed by atoms with Crippen LogP contribution >= 0.6 is 0 Å². The van der Waals surface area contributed by atoms with E-state index in [1.54, 1.807) is 53.6 Å². The average Bonchev–Trinajstić information content (AvgIpc) is 3.30. The topological polar surface area (TPSA) is 221 Å². The maximum Gasteiger partial charge on any atom is 0.309 e. The summed E-state index contributed by atoms with van der Waals surface area (Å²) in [6.45, 7) is 14.6. The van der Waals surface area contributed by atoms with Crippen molar-refractivity contribution in [1.82, 2.24) is 9.80 Å². The van der Waals surface area contributed by atoms with Gasteiger partial charge in [0.05, 0.1) is 37.4 Å². The van der Waals surface area contributed by atoms with Crippen molar-refractivity contribution in [3.05, 3.63) is 35.9 Å². The average molecular weight is 1010 g/mol. The molecule has 5 unspecified atom stereocenters. The molecule has 3 aliphatic rings. The second-order valence-corrected chi connectivity index (χ2v) is 19.6. The van der Waals surface area contributed by atoms with Gasteiger partial charge in [0.15, 0.2) is 24.3 Å². The number of aldehydes is 1. The number of rotatable bonds is 19. The van der Waals surface area contributed by atoms with Crippen LogP contribution < -0.4 is 0 Å². The SMILES string of the molecule is CCC(=O)O[C@@H]1CC(=O)OCCCN(CCCCc2ccccc2)C[C@H](OC(C)=O)[C@H](C)C[C@H](CC=O)[C@H](O[C@@H]2OC(C)[C@H](O[C@H]3CC(C)(OC(C)=O)[C@@H](OC(=O)CC)C(C)O3)C(N(C)C)C2O)[C@H]1OC. The molecule has 0 radical (unpaired) electrons. The number of aryl methyl sites for hydroxylation is 1. The molecule has 4 rings (SSSR count). The molecule has 19 nitrogen and oxygen atoms in total. The molecular weight excluding hydrogens is 925 g/mol. The molecule has 19 heteroatoms. The number of hydrogen-bond acceptors (Lipinski definition) is 19. The van der Waals surface area contributed by atoms with Gasteiger partial charge in [0, 0.05) is 59.7 Å². The summed E-state index contributed by atoms with van der Waals surface area (Å²) in [5.74, 6) is -3.92. The van der Waals surface area contributed by atoms with E-state index >= 15 is 0 Å². The van der Waals surface area contributed by atoms with Crippen molar-refractivity contribution in [2.45, 2.75) is 199 Å². The normalized spacial score (nSPS) is 33.7. The van der Waals surface area contributed by atoms with E-state index in [0.717, 1.165) is 25.5 Å².